The highest BCUT2D eigenvalue weighted by molar-refractivity contribution is 7.89. The fourth-order valence-electron chi connectivity index (χ4n) is 3.57. The van der Waals surface area contributed by atoms with E-state index in [1.54, 1.807) is 19.1 Å². The molecule has 0 aliphatic carbocycles. The van der Waals surface area contributed by atoms with Crippen LogP contribution in [0.2, 0.25) is 0 Å². The molecule has 6 nitrogen and oxygen atoms in total. The largest absolute Gasteiger partial charge is 0.497 e. The summed E-state index contributed by atoms with van der Waals surface area (Å²) in [5.74, 6) is 0.184. The second kappa shape index (κ2) is 8.32. The minimum atomic E-state index is -3.81. The van der Waals surface area contributed by atoms with E-state index in [2.05, 4.69) is 5.32 Å². The van der Waals surface area contributed by atoms with Gasteiger partial charge in [0.25, 0.3) is 0 Å². The number of methoxy groups -OCH3 is 1. The summed E-state index contributed by atoms with van der Waals surface area (Å²) in [6.45, 7) is 4.09. The van der Waals surface area contributed by atoms with Crippen LogP contribution in [0.5, 0.6) is 5.75 Å². The standard InChI is InChI=1S/C21H26N2O4S/c1-4-16-8-5-6-9-18(16)22-21(24)19-10-7-13-23(19)28(25,26)20-14-17(27-3)12-11-15(20)2/h5-6,8-9,11-12,14,19H,4,7,10,13H2,1-3H3,(H,22,24)/t19-/m0/s1. The summed E-state index contributed by atoms with van der Waals surface area (Å²) in [6.07, 6.45) is 1.93. The number of para-hydroxylation sites is 1. The maximum atomic E-state index is 13.3. The van der Waals surface area contributed by atoms with Gasteiger partial charge in [-0.25, -0.2) is 8.42 Å². The lowest BCUT2D eigenvalue weighted by Crippen LogP contribution is -2.43. The molecule has 1 aliphatic rings. The lowest BCUT2D eigenvalue weighted by atomic mass is 10.1. The Bertz CT molecular complexity index is 972. The molecule has 2 aromatic rings. The van der Waals surface area contributed by atoms with Crippen LogP contribution in [0.4, 0.5) is 5.69 Å². The first kappa shape index (κ1) is 20.4. The number of ether oxygens (including phenoxy) is 1. The first-order valence-electron chi connectivity index (χ1n) is 9.43. The first-order chi connectivity index (χ1) is 13.4. The number of anilines is 1. The van der Waals surface area contributed by atoms with Crippen molar-refractivity contribution in [3.63, 3.8) is 0 Å². The van der Waals surface area contributed by atoms with Gasteiger partial charge < -0.3 is 10.1 Å². The Morgan fingerprint density at radius 2 is 2.00 bits per heavy atom. The monoisotopic (exact) mass is 402 g/mol. The Morgan fingerprint density at radius 1 is 1.25 bits per heavy atom. The summed E-state index contributed by atoms with van der Waals surface area (Å²) in [7, 11) is -2.31. The number of aryl methyl sites for hydroxylation is 2. The van der Waals surface area contributed by atoms with E-state index in [1.807, 2.05) is 31.2 Å². The normalized spacial score (nSPS) is 17.5. The van der Waals surface area contributed by atoms with Crippen LogP contribution in [-0.4, -0.2) is 38.3 Å². The van der Waals surface area contributed by atoms with Gasteiger partial charge in [0.05, 0.1) is 12.0 Å². The molecule has 2 aromatic carbocycles. The van der Waals surface area contributed by atoms with Crippen LogP contribution in [0.15, 0.2) is 47.4 Å². The number of benzene rings is 2. The maximum absolute atomic E-state index is 13.3. The summed E-state index contributed by atoms with van der Waals surface area (Å²) in [5.41, 5.74) is 2.38. The first-order valence-corrected chi connectivity index (χ1v) is 10.9. The zero-order chi connectivity index (χ0) is 20.3. The molecule has 1 N–H and O–H groups in total. The average Bonchev–Trinajstić information content (AvgIpc) is 3.19. The third-order valence-electron chi connectivity index (χ3n) is 5.14. The molecule has 3 rings (SSSR count). The second-order valence-corrected chi connectivity index (χ2v) is 8.76. The summed E-state index contributed by atoms with van der Waals surface area (Å²) in [4.78, 5) is 13.1. The summed E-state index contributed by atoms with van der Waals surface area (Å²) in [5, 5.41) is 2.92. The topological polar surface area (TPSA) is 75.7 Å². The fraction of sp³-hybridized carbons (Fsp3) is 0.381. The highest BCUT2D eigenvalue weighted by atomic mass is 32.2. The second-order valence-electron chi connectivity index (χ2n) is 6.91. The SMILES string of the molecule is CCc1ccccc1NC(=O)[C@@H]1CCCN1S(=O)(=O)c1cc(OC)ccc1C. The third kappa shape index (κ3) is 3.91. The van der Waals surface area contributed by atoms with Gasteiger partial charge in [-0.3, -0.25) is 4.79 Å². The third-order valence-corrected chi connectivity index (χ3v) is 7.19. The molecule has 1 amide bonds. The number of nitrogens with zero attached hydrogens (tertiary/aromatic N) is 1. The minimum Gasteiger partial charge on any atom is -0.497 e. The van der Waals surface area contributed by atoms with Gasteiger partial charge in [-0.1, -0.05) is 31.2 Å². The molecule has 28 heavy (non-hydrogen) atoms. The van der Waals surface area contributed by atoms with E-state index in [4.69, 9.17) is 4.74 Å². The van der Waals surface area contributed by atoms with E-state index in [-0.39, 0.29) is 10.8 Å². The van der Waals surface area contributed by atoms with Gasteiger partial charge in [0.1, 0.15) is 11.8 Å². The highest BCUT2D eigenvalue weighted by Gasteiger charge is 2.40. The van der Waals surface area contributed by atoms with Gasteiger partial charge in [-0.05, 0) is 49.4 Å². The van der Waals surface area contributed by atoms with Crippen molar-refractivity contribution in [1.29, 1.82) is 0 Å². The van der Waals surface area contributed by atoms with Crippen molar-refractivity contribution in [2.24, 2.45) is 0 Å². The van der Waals surface area contributed by atoms with Crippen molar-refractivity contribution in [3.8, 4) is 5.75 Å². The number of carbonyl (C=O) groups excluding carboxylic acids is 1. The molecule has 0 saturated carbocycles. The Morgan fingerprint density at radius 3 is 2.71 bits per heavy atom. The molecule has 1 aliphatic heterocycles. The molecule has 0 radical (unpaired) electrons. The lowest BCUT2D eigenvalue weighted by Gasteiger charge is -2.24. The van der Waals surface area contributed by atoms with Gasteiger partial charge in [0, 0.05) is 18.3 Å². The fourth-order valence-corrected chi connectivity index (χ4v) is 5.47. The van der Waals surface area contributed by atoms with Gasteiger partial charge >= 0.3 is 0 Å². The van der Waals surface area contributed by atoms with Crippen LogP contribution in [0.3, 0.4) is 0 Å². The zero-order valence-electron chi connectivity index (χ0n) is 16.4. The maximum Gasteiger partial charge on any atom is 0.244 e. The van der Waals surface area contributed by atoms with Crippen molar-refractivity contribution in [2.75, 3.05) is 19.0 Å². The smallest absolute Gasteiger partial charge is 0.244 e. The zero-order valence-corrected chi connectivity index (χ0v) is 17.3. The van der Waals surface area contributed by atoms with Crippen molar-refractivity contribution in [1.82, 2.24) is 4.31 Å². The molecule has 1 heterocycles. The van der Waals surface area contributed by atoms with Gasteiger partial charge in [0.2, 0.25) is 15.9 Å². The number of amides is 1. The van der Waals surface area contributed by atoms with Gasteiger partial charge in [-0.2, -0.15) is 4.31 Å². The number of rotatable bonds is 6. The van der Waals surface area contributed by atoms with Crippen LogP contribution in [0.25, 0.3) is 0 Å². The molecule has 7 heteroatoms. The number of sulfonamides is 1. The molecule has 0 bridgehead atoms. The predicted molar refractivity (Wildman–Crippen MR) is 109 cm³/mol. The predicted octanol–water partition coefficient (Wildman–Crippen LogP) is 3.36. The van der Waals surface area contributed by atoms with Crippen molar-refractivity contribution >= 4 is 21.6 Å². The number of carbonyl (C=O) groups is 1. The Kier molecular flexibility index (Phi) is 6.05. The summed E-state index contributed by atoms with van der Waals surface area (Å²) < 4.78 is 33.1. The van der Waals surface area contributed by atoms with Crippen molar-refractivity contribution < 1.29 is 17.9 Å². The number of hydrogen-bond donors (Lipinski definition) is 1. The van der Waals surface area contributed by atoms with Crippen molar-refractivity contribution in [2.45, 2.75) is 44.0 Å². The summed E-state index contributed by atoms with van der Waals surface area (Å²) in [6, 6.07) is 11.8. The van der Waals surface area contributed by atoms with E-state index in [9.17, 15) is 13.2 Å². The van der Waals surface area contributed by atoms with E-state index in [0.29, 0.717) is 30.7 Å². The molecule has 1 fully saturated rings. The van der Waals surface area contributed by atoms with E-state index in [1.165, 1.54) is 17.5 Å². The highest BCUT2D eigenvalue weighted by Crippen LogP contribution is 2.31. The quantitative estimate of drug-likeness (QED) is 0.804. The Labute approximate surface area is 166 Å². The molecule has 150 valence electrons. The Balaban J connectivity index is 1.89. The van der Waals surface area contributed by atoms with Gasteiger partial charge in [0.15, 0.2) is 0 Å². The van der Waals surface area contributed by atoms with Crippen LogP contribution in [0, 0.1) is 6.92 Å². The van der Waals surface area contributed by atoms with Crippen LogP contribution in [0.1, 0.15) is 30.9 Å². The lowest BCUT2D eigenvalue weighted by molar-refractivity contribution is -0.119. The average molecular weight is 403 g/mol. The van der Waals surface area contributed by atoms with Crippen molar-refractivity contribution in [3.05, 3.63) is 53.6 Å². The molecular formula is C21H26N2O4S. The number of nitrogens with one attached hydrogen (secondary N) is 1. The molecule has 1 saturated heterocycles. The molecule has 0 aromatic heterocycles. The van der Waals surface area contributed by atoms with Crippen LogP contribution < -0.4 is 10.1 Å². The minimum absolute atomic E-state index is 0.181. The number of hydrogen-bond acceptors (Lipinski definition) is 4. The van der Waals surface area contributed by atoms with Gasteiger partial charge in [-0.15, -0.1) is 0 Å². The molecule has 1 atom stereocenters. The van der Waals surface area contributed by atoms with E-state index < -0.39 is 16.1 Å². The summed E-state index contributed by atoms with van der Waals surface area (Å²) >= 11 is 0. The van der Waals surface area contributed by atoms with E-state index in [0.717, 1.165) is 17.7 Å². The molecular weight excluding hydrogens is 376 g/mol. The van der Waals surface area contributed by atoms with E-state index >= 15 is 0 Å². The van der Waals surface area contributed by atoms with Crippen LogP contribution >= 0.6 is 0 Å². The Hall–Kier alpha value is -2.38. The molecule has 0 unspecified atom stereocenters. The molecule has 0 spiro atoms. The van der Waals surface area contributed by atoms with Crippen LogP contribution in [-0.2, 0) is 21.2 Å².